The Morgan fingerprint density at radius 1 is 1.53 bits per heavy atom. The number of hydrogen-bond acceptors (Lipinski definition) is 4. The Morgan fingerprint density at radius 2 is 2.12 bits per heavy atom. The van der Waals surface area contributed by atoms with Crippen molar-refractivity contribution in [3.05, 3.63) is 16.1 Å². The second-order valence-corrected chi connectivity index (χ2v) is 4.97. The fourth-order valence-electron chi connectivity index (χ4n) is 0.906. The van der Waals surface area contributed by atoms with E-state index in [0.717, 1.165) is 16.7 Å². The van der Waals surface area contributed by atoms with Crippen LogP contribution in [0.1, 0.15) is 24.5 Å². The number of rotatable bonds is 3. The van der Waals surface area contributed by atoms with Gasteiger partial charge in [-0.3, -0.25) is 4.79 Å². The van der Waals surface area contributed by atoms with E-state index in [1.807, 2.05) is 0 Å². The van der Waals surface area contributed by atoms with Gasteiger partial charge in [0.1, 0.15) is 5.01 Å². The molecule has 0 fully saturated rings. The predicted molar refractivity (Wildman–Crippen MR) is 57.2 cm³/mol. The van der Waals surface area contributed by atoms with Crippen LogP contribution >= 0.6 is 11.3 Å². The molecule has 0 unspecified atom stereocenters. The molecular formula is C9H12F3N3OS. The van der Waals surface area contributed by atoms with E-state index in [1.165, 1.54) is 13.8 Å². The maximum atomic E-state index is 12.2. The summed E-state index contributed by atoms with van der Waals surface area (Å²) < 4.78 is 36.7. The molecule has 0 saturated heterocycles. The zero-order chi connectivity index (χ0) is 13.3. The maximum Gasteiger partial charge on any atom is 0.434 e. The molecule has 0 bridgehead atoms. The van der Waals surface area contributed by atoms with Crippen LogP contribution in [-0.4, -0.2) is 16.4 Å². The summed E-state index contributed by atoms with van der Waals surface area (Å²) in [6.45, 7) is 2.96. The number of thiazole rings is 1. The van der Waals surface area contributed by atoms with E-state index in [1.54, 1.807) is 0 Å². The van der Waals surface area contributed by atoms with Gasteiger partial charge in [0, 0.05) is 5.38 Å². The lowest BCUT2D eigenvalue weighted by Gasteiger charge is -2.16. The molecule has 0 aliphatic carbocycles. The lowest BCUT2D eigenvalue weighted by molar-refractivity contribution is -0.140. The van der Waals surface area contributed by atoms with Gasteiger partial charge < -0.3 is 11.1 Å². The fraction of sp³-hybridized carbons (Fsp3) is 0.556. The Bertz CT molecular complexity index is 408. The molecule has 1 heterocycles. The first kappa shape index (κ1) is 13.9. The van der Waals surface area contributed by atoms with Crippen LogP contribution in [0.15, 0.2) is 5.38 Å². The average Bonchev–Trinajstić information content (AvgIpc) is 2.59. The highest BCUT2D eigenvalue weighted by Gasteiger charge is 2.33. The summed E-state index contributed by atoms with van der Waals surface area (Å²) in [5, 5.41) is 3.52. The summed E-state index contributed by atoms with van der Waals surface area (Å²) in [5.74, 6) is -0.443. The average molecular weight is 267 g/mol. The van der Waals surface area contributed by atoms with Gasteiger partial charge in [0.25, 0.3) is 0 Å². The first-order valence-corrected chi connectivity index (χ1v) is 5.57. The van der Waals surface area contributed by atoms with Gasteiger partial charge in [0.2, 0.25) is 5.91 Å². The van der Waals surface area contributed by atoms with Crippen molar-refractivity contribution in [3.8, 4) is 0 Å². The minimum atomic E-state index is -4.45. The standard InChI is InChI=1S/C9H12F3N3OS/c1-8(2,13)7(16)14-3-6-15-5(4-17-6)9(10,11)12/h4H,3,13H2,1-2H3,(H,14,16). The van der Waals surface area contributed by atoms with Crippen molar-refractivity contribution >= 4 is 17.2 Å². The highest BCUT2D eigenvalue weighted by molar-refractivity contribution is 7.09. The number of hydrogen-bond donors (Lipinski definition) is 2. The molecule has 1 rings (SSSR count). The molecule has 0 aliphatic heterocycles. The Labute approximate surface area is 100 Å². The van der Waals surface area contributed by atoms with Crippen LogP contribution < -0.4 is 11.1 Å². The molecule has 0 spiro atoms. The normalized spacial score (nSPS) is 12.6. The summed E-state index contributed by atoms with van der Waals surface area (Å²) in [4.78, 5) is 14.7. The van der Waals surface area contributed by atoms with Crippen LogP contribution in [-0.2, 0) is 17.5 Å². The van der Waals surface area contributed by atoms with Gasteiger partial charge in [0.15, 0.2) is 5.69 Å². The van der Waals surface area contributed by atoms with Crippen LogP contribution in [0, 0.1) is 0 Å². The first-order chi connectivity index (χ1) is 7.60. The number of carbonyl (C=O) groups is 1. The van der Waals surface area contributed by atoms with Gasteiger partial charge in [0.05, 0.1) is 12.1 Å². The monoisotopic (exact) mass is 267 g/mol. The third-order valence-corrected chi connectivity index (χ3v) is 2.68. The number of carbonyl (C=O) groups excluding carboxylic acids is 1. The number of aromatic nitrogens is 1. The number of amides is 1. The number of nitrogens with two attached hydrogens (primary N) is 1. The zero-order valence-electron chi connectivity index (χ0n) is 9.26. The number of alkyl halides is 3. The van der Waals surface area contributed by atoms with Gasteiger partial charge in [-0.1, -0.05) is 0 Å². The van der Waals surface area contributed by atoms with E-state index in [4.69, 9.17) is 5.73 Å². The number of nitrogens with zero attached hydrogens (tertiary/aromatic N) is 1. The summed E-state index contributed by atoms with van der Waals surface area (Å²) >= 11 is 0.842. The lowest BCUT2D eigenvalue weighted by atomic mass is 10.1. The topological polar surface area (TPSA) is 68.0 Å². The molecule has 0 aromatic carbocycles. The molecule has 1 aromatic heterocycles. The predicted octanol–water partition coefficient (Wildman–Crippen LogP) is 1.52. The minimum absolute atomic E-state index is 0.0553. The Hall–Kier alpha value is -1.15. The summed E-state index contributed by atoms with van der Waals surface area (Å²) in [7, 11) is 0. The molecule has 8 heteroatoms. The van der Waals surface area contributed by atoms with Gasteiger partial charge in [-0.15, -0.1) is 11.3 Å². The molecule has 3 N–H and O–H groups in total. The number of nitrogens with one attached hydrogen (secondary N) is 1. The smallest absolute Gasteiger partial charge is 0.348 e. The first-order valence-electron chi connectivity index (χ1n) is 4.69. The molecule has 96 valence electrons. The van der Waals surface area contributed by atoms with E-state index in [-0.39, 0.29) is 11.6 Å². The highest BCUT2D eigenvalue weighted by Crippen LogP contribution is 2.29. The zero-order valence-corrected chi connectivity index (χ0v) is 10.1. The van der Waals surface area contributed by atoms with E-state index in [2.05, 4.69) is 10.3 Å². The minimum Gasteiger partial charge on any atom is -0.348 e. The molecule has 1 aromatic rings. The van der Waals surface area contributed by atoms with Gasteiger partial charge >= 0.3 is 6.18 Å². The molecule has 4 nitrogen and oxygen atoms in total. The van der Waals surface area contributed by atoms with E-state index in [0.29, 0.717) is 0 Å². The molecule has 1 amide bonds. The van der Waals surface area contributed by atoms with Gasteiger partial charge in [-0.05, 0) is 13.8 Å². The van der Waals surface area contributed by atoms with Crippen molar-refractivity contribution in [1.82, 2.24) is 10.3 Å². The quantitative estimate of drug-likeness (QED) is 0.872. The van der Waals surface area contributed by atoms with Crippen LogP contribution in [0.25, 0.3) is 0 Å². The number of halogens is 3. The van der Waals surface area contributed by atoms with Crippen molar-refractivity contribution in [2.24, 2.45) is 5.73 Å². The van der Waals surface area contributed by atoms with Crippen molar-refractivity contribution in [2.75, 3.05) is 0 Å². The summed E-state index contributed by atoms with van der Waals surface area (Å²) in [6, 6.07) is 0. The van der Waals surface area contributed by atoms with Crippen LogP contribution in [0.3, 0.4) is 0 Å². The van der Waals surface area contributed by atoms with Gasteiger partial charge in [-0.2, -0.15) is 13.2 Å². The van der Waals surface area contributed by atoms with Gasteiger partial charge in [-0.25, -0.2) is 4.98 Å². The summed E-state index contributed by atoms with van der Waals surface area (Å²) in [6.07, 6.45) is -4.45. The van der Waals surface area contributed by atoms with E-state index < -0.39 is 23.3 Å². The van der Waals surface area contributed by atoms with E-state index in [9.17, 15) is 18.0 Å². The molecule has 0 saturated carbocycles. The fourth-order valence-corrected chi connectivity index (χ4v) is 1.65. The van der Waals surface area contributed by atoms with Crippen molar-refractivity contribution in [3.63, 3.8) is 0 Å². The second-order valence-electron chi connectivity index (χ2n) is 4.03. The molecule has 17 heavy (non-hydrogen) atoms. The van der Waals surface area contributed by atoms with Crippen LogP contribution in [0.4, 0.5) is 13.2 Å². The van der Waals surface area contributed by atoms with Crippen molar-refractivity contribution in [1.29, 1.82) is 0 Å². The second kappa shape index (κ2) is 4.61. The SMILES string of the molecule is CC(C)(N)C(=O)NCc1nc(C(F)(F)F)cs1. The summed E-state index contributed by atoms with van der Waals surface area (Å²) in [5.41, 5.74) is 3.50. The Kier molecular flexibility index (Phi) is 3.78. The highest BCUT2D eigenvalue weighted by atomic mass is 32.1. The Morgan fingerprint density at radius 3 is 2.53 bits per heavy atom. The third-order valence-electron chi connectivity index (χ3n) is 1.83. The molecule has 0 atom stereocenters. The van der Waals surface area contributed by atoms with Crippen molar-refractivity contribution < 1.29 is 18.0 Å². The van der Waals surface area contributed by atoms with Crippen LogP contribution in [0.5, 0.6) is 0 Å². The molecule has 0 aliphatic rings. The van der Waals surface area contributed by atoms with E-state index >= 15 is 0 Å². The largest absolute Gasteiger partial charge is 0.434 e. The van der Waals surface area contributed by atoms with Crippen molar-refractivity contribution in [2.45, 2.75) is 32.1 Å². The third kappa shape index (κ3) is 3.97. The molecular weight excluding hydrogens is 255 g/mol. The Balaban J connectivity index is 2.60. The van der Waals surface area contributed by atoms with Crippen LogP contribution in [0.2, 0.25) is 0 Å². The lowest BCUT2D eigenvalue weighted by Crippen LogP contribution is -2.48. The molecule has 0 radical (unpaired) electrons. The maximum absolute atomic E-state index is 12.2.